The van der Waals surface area contributed by atoms with Crippen LogP contribution in [-0.2, 0) is 44.2 Å². The highest BCUT2D eigenvalue weighted by molar-refractivity contribution is 5.38. The van der Waals surface area contributed by atoms with E-state index < -0.39 is 17.5 Å². The quantitative estimate of drug-likeness (QED) is 0.175. The van der Waals surface area contributed by atoms with Crippen molar-refractivity contribution in [2.24, 2.45) is 0 Å². The van der Waals surface area contributed by atoms with Gasteiger partial charge in [-0.3, -0.25) is 0 Å². The Bertz CT molecular complexity index is 1270. The molecule has 5 rings (SSSR count). The van der Waals surface area contributed by atoms with Crippen LogP contribution >= 0.6 is 0 Å². The van der Waals surface area contributed by atoms with Crippen LogP contribution in [0, 0.1) is 6.92 Å². The van der Waals surface area contributed by atoms with E-state index >= 15 is 0 Å². The van der Waals surface area contributed by atoms with E-state index in [2.05, 4.69) is 68.1 Å². The lowest BCUT2D eigenvalue weighted by Crippen LogP contribution is -2.52. The fourth-order valence-electron chi connectivity index (χ4n) is 5.97. The summed E-state index contributed by atoms with van der Waals surface area (Å²) in [4.78, 5) is 0. The molecule has 218 valence electrons. The summed E-state index contributed by atoms with van der Waals surface area (Å²) in [5, 5.41) is 10.8. The Kier molecular flexibility index (Phi) is 9.74. The van der Waals surface area contributed by atoms with Crippen LogP contribution in [-0.4, -0.2) is 42.7 Å². The molecule has 0 radical (unpaired) electrons. The maximum atomic E-state index is 10.8. The van der Waals surface area contributed by atoms with Crippen molar-refractivity contribution < 1.29 is 24.1 Å². The summed E-state index contributed by atoms with van der Waals surface area (Å²) in [6.07, 6.45) is 6.28. The molecule has 2 aliphatic rings. The summed E-state index contributed by atoms with van der Waals surface area (Å²) in [6.45, 7) is 9.91. The zero-order valence-corrected chi connectivity index (χ0v) is 24.5. The molecule has 41 heavy (non-hydrogen) atoms. The summed E-state index contributed by atoms with van der Waals surface area (Å²) in [7, 11) is 0. The molecule has 3 aromatic rings. The van der Waals surface area contributed by atoms with E-state index in [0.29, 0.717) is 32.7 Å². The van der Waals surface area contributed by atoms with Crippen molar-refractivity contribution in [1.82, 2.24) is 0 Å². The zero-order chi connectivity index (χ0) is 28.7. The van der Waals surface area contributed by atoms with Crippen molar-refractivity contribution in [3.63, 3.8) is 0 Å². The number of rotatable bonds is 14. The van der Waals surface area contributed by atoms with Crippen LogP contribution in [0.15, 0.2) is 85.5 Å². The molecule has 4 atom stereocenters. The first-order chi connectivity index (χ1) is 19.9. The van der Waals surface area contributed by atoms with E-state index in [1.807, 2.05) is 18.2 Å². The zero-order valence-electron chi connectivity index (χ0n) is 24.5. The molecule has 5 nitrogen and oxygen atoms in total. The molecule has 1 N–H and O–H groups in total. The van der Waals surface area contributed by atoms with Crippen LogP contribution in [0.1, 0.15) is 66.0 Å². The van der Waals surface area contributed by atoms with Gasteiger partial charge in [0.05, 0.1) is 32.0 Å². The molecule has 0 aromatic heterocycles. The van der Waals surface area contributed by atoms with Gasteiger partial charge in [-0.2, -0.15) is 0 Å². The molecular weight excluding hydrogens is 512 g/mol. The summed E-state index contributed by atoms with van der Waals surface area (Å²) >= 11 is 0. The second kappa shape index (κ2) is 13.5. The van der Waals surface area contributed by atoms with Gasteiger partial charge in [-0.25, -0.2) is 0 Å². The first-order valence-electron chi connectivity index (χ1n) is 15.0. The molecule has 1 unspecified atom stereocenters. The maximum Gasteiger partial charge on any atom is 0.198 e. The maximum absolute atomic E-state index is 10.8. The first kappa shape index (κ1) is 29.7. The lowest BCUT2D eigenvalue weighted by atomic mass is 9.84. The van der Waals surface area contributed by atoms with Crippen molar-refractivity contribution >= 4 is 0 Å². The molecule has 0 amide bonds. The number of hydrogen-bond donors (Lipinski definition) is 1. The molecule has 0 saturated carbocycles. The monoisotopic (exact) mass is 556 g/mol. The van der Waals surface area contributed by atoms with Gasteiger partial charge < -0.3 is 24.1 Å². The van der Waals surface area contributed by atoms with Crippen LogP contribution < -0.4 is 0 Å². The molecule has 3 aromatic carbocycles. The van der Waals surface area contributed by atoms with Crippen LogP contribution in [0.25, 0.3) is 0 Å². The SMILES string of the molecule is C=CCOCCCCc1ccc(Cc2cc([C@]34C[C@@H](OCc5ccccc5)C[C@](C(C)O)(CO3)O4)ccc2C)cc1. The summed E-state index contributed by atoms with van der Waals surface area (Å²) in [6, 6.07) is 25.7. The molecular formula is C36H44O5. The fourth-order valence-corrected chi connectivity index (χ4v) is 5.97. The normalized spacial score (nSPS) is 24.3. The second-order valence-electron chi connectivity index (χ2n) is 11.7. The van der Waals surface area contributed by atoms with E-state index in [-0.39, 0.29) is 6.10 Å². The molecule has 2 saturated heterocycles. The van der Waals surface area contributed by atoms with E-state index in [1.165, 1.54) is 22.3 Å². The van der Waals surface area contributed by atoms with E-state index in [4.69, 9.17) is 18.9 Å². The van der Waals surface area contributed by atoms with Gasteiger partial charge in [-0.15, -0.1) is 6.58 Å². The van der Waals surface area contributed by atoms with Crippen LogP contribution in [0.3, 0.4) is 0 Å². The molecule has 5 heteroatoms. The number of fused-ring (bicyclic) bond motifs is 2. The Balaban J connectivity index is 1.27. The Morgan fingerprint density at radius 2 is 1.78 bits per heavy atom. The third kappa shape index (κ3) is 7.17. The number of ether oxygens (including phenoxy) is 4. The molecule has 2 bridgehead atoms. The van der Waals surface area contributed by atoms with E-state index in [1.54, 1.807) is 13.0 Å². The number of hydrogen-bond acceptors (Lipinski definition) is 5. The lowest BCUT2D eigenvalue weighted by molar-refractivity contribution is -0.264. The minimum absolute atomic E-state index is 0.0908. The Labute approximate surface area is 245 Å². The van der Waals surface area contributed by atoms with Crippen molar-refractivity contribution in [1.29, 1.82) is 0 Å². The third-order valence-corrected chi connectivity index (χ3v) is 8.52. The predicted molar refractivity (Wildman–Crippen MR) is 162 cm³/mol. The molecule has 0 spiro atoms. The third-order valence-electron chi connectivity index (χ3n) is 8.52. The van der Waals surface area contributed by atoms with Crippen LogP contribution in [0.5, 0.6) is 0 Å². The summed E-state index contributed by atoms with van der Waals surface area (Å²) in [5.41, 5.74) is 6.46. The molecule has 2 aliphatic heterocycles. The molecule has 2 fully saturated rings. The average Bonchev–Trinajstić information content (AvgIpc) is 3.28. The first-order valence-corrected chi connectivity index (χ1v) is 15.0. The molecule has 0 aliphatic carbocycles. The highest BCUT2D eigenvalue weighted by atomic mass is 16.8. The minimum atomic E-state index is -0.932. The smallest absolute Gasteiger partial charge is 0.198 e. The van der Waals surface area contributed by atoms with Crippen molar-refractivity contribution in [2.45, 2.75) is 82.6 Å². The van der Waals surface area contributed by atoms with Gasteiger partial charge in [0.15, 0.2) is 5.79 Å². The van der Waals surface area contributed by atoms with Gasteiger partial charge >= 0.3 is 0 Å². The second-order valence-corrected chi connectivity index (χ2v) is 11.7. The van der Waals surface area contributed by atoms with E-state index in [9.17, 15) is 5.11 Å². The van der Waals surface area contributed by atoms with Gasteiger partial charge in [0.2, 0.25) is 0 Å². The van der Waals surface area contributed by atoms with Gasteiger partial charge in [0.1, 0.15) is 5.60 Å². The van der Waals surface area contributed by atoms with Gasteiger partial charge in [-0.1, -0.05) is 72.8 Å². The van der Waals surface area contributed by atoms with Gasteiger partial charge in [-0.05, 0) is 73.4 Å². The van der Waals surface area contributed by atoms with Gasteiger partial charge in [0, 0.05) is 25.0 Å². The summed E-state index contributed by atoms with van der Waals surface area (Å²) in [5.74, 6) is -0.932. The van der Waals surface area contributed by atoms with Crippen molar-refractivity contribution in [2.75, 3.05) is 19.8 Å². The number of aliphatic hydroxyl groups excluding tert-OH is 1. The highest BCUT2D eigenvalue weighted by Gasteiger charge is 2.59. The minimum Gasteiger partial charge on any atom is -0.390 e. The topological polar surface area (TPSA) is 57.2 Å². The standard InChI is InChI=1S/C36H44O5/c1-4-19-38-20-9-8-10-29-14-16-30(17-15-29)21-32-22-33(18-13-27(32)2)36-24-34(39-25-31-11-6-5-7-12-31)23-35(41-36,26-40-36)28(3)37/h4-7,11-18,22,28,34,37H,1,8-10,19-21,23-26H2,2-3H3/t28?,34-,35+,36+/m0/s1. The van der Waals surface area contributed by atoms with E-state index in [0.717, 1.165) is 43.4 Å². The average molecular weight is 557 g/mol. The number of benzene rings is 3. The Hall–Kier alpha value is -2.80. The van der Waals surface area contributed by atoms with Crippen LogP contribution in [0.4, 0.5) is 0 Å². The largest absolute Gasteiger partial charge is 0.390 e. The fraction of sp³-hybridized carbons (Fsp3) is 0.444. The number of unbranched alkanes of at least 4 members (excludes halogenated alkanes) is 1. The number of aryl methyl sites for hydroxylation is 2. The van der Waals surface area contributed by atoms with Gasteiger partial charge in [0.25, 0.3) is 0 Å². The number of aliphatic hydroxyl groups is 1. The van der Waals surface area contributed by atoms with Crippen molar-refractivity contribution in [3.05, 3.63) is 119 Å². The van der Waals surface area contributed by atoms with Crippen molar-refractivity contribution in [3.8, 4) is 0 Å². The Morgan fingerprint density at radius 1 is 1.00 bits per heavy atom. The highest BCUT2D eigenvalue weighted by Crippen LogP contribution is 2.51. The Morgan fingerprint density at radius 3 is 2.54 bits per heavy atom. The predicted octanol–water partition coefficient (Wildman–Crippen LogP) is 6.81. The lowest BCUT2D eigenvalue weighted by Gasteiger charge is -2.43. The molecule has 2 heterocycles. The summed E-state index contributed by atoms with van der Waals surface area (Å²) < 4.78 is 25.0. The van der Waals surface area contributed by atoms with Crippen LogP contribution in [0.2, 0.25) is 0 Å².